The normalized spacial score (nSPS) is 9.74. The van der Waals surface area contributed by atoms with E-state index in [0.29, 0.717) is 23.8 Å². The minimum atomic E-state index is 0. The Morgan fingerprint density at radius 1 is 0.968 bits per heavy atom. The van der Waals surface area contributed by atoms with Crippen molar-refractivity contribution >= 4 is 30.1 Å². The number of rotatable bonds is 6. The molecule has 0 heterocycles. The fourth-order valence-corrected chi connectivity index (χ4v) is 2.44. The molecule has 31 heavy (non-hydrogen) atoms. The van der Waals surface area contributed by atoms with Crippen molar-refractivity contribution in [2.75, 3.05) is 20.3 Å². The summed E-state index contributed by atoms with van der Waals surface area (Å²) in [6, 6.07) is 25.0. The van der Waals surface area contributed by atoms with Gasteiger partial charge in [-0.05, 0) is 31.2 Å². The zero-order valence-corrected chi connectivity index (χ0v) is 21.4. The molecule has 0 saturated heterocycles. The van der Waals surface area contributed by atoms with Gasteiger partial charge in [-0.25, -0.2) is 0 Å². The molecule has 0 aromatic heterocycles. The van der Waals surface area contributed by atoms with Crippen LogP contribution in [-0.4, -0.2) is 30.5 Å². The molecule has 3 aromatic rings. The van der Waals surface area contributed by atoms with Crippen LogP contribution in [0.5, 0.6) is 11.5 Å². The van der Waals surface area contributed by atoms with Crippen LogP contribution in [0.2, 0.25) is 0 Å². The zero-order valence-electron chi connectivity index (χ0n) is 17.6. The van der Waals surface area contributed by atoms with Gasteiger partial charge in [0, 0.05) is 7.11 Å². The molecule has 0 unspecified atom stereocenters. The Balaban J connectivity index is 0.000000525. The number of nitrogens with zero attached hydrogens (tertiary/aromatic N) is 1. The van der Waals surface area contributed by atoms with Crippen molar-refractivity contribution in [2.45, 2.75) is 6.92 Å². The Bertz CT molecular complexity index is 841. The topological polar surface area (TPSA) is 89.8 Å². The maximum atomic E-state index is 9.59. The van der Waals surface area contributed by atoms with E-state index in [9.17, 15) is 5.11 Å². The van der Waals surface area contributed by atoms with Crippen LogP contribution < -0.4 is 10.5 Å². The fraction of sp³-hybridized carbons (Fsp3) is 0.167. The minimum absolute atomic E-state index is 0. The van der Waals surface area contributed by atoms with Gasteiger partial charge in [-0.3, -0.25) is 0 Å². The van der Waals surface area contributed by atoms with Crippen LogP contribution >= 0.6 is 0 Å². The van der Waals surface area contributed by atoms with Crippen molar-refractivity contribution in [3.63, 3.8) is 0 Å². The van der Waals surface area contributed by atoms with Crippen molar-refractivity contribution < 1.29 is 36.0 Å². The molecule has 0 fully saturated rings. The molecule has 3 rings (SSSR count). The Labute approximate surface area is 204 Å². The van der Waals surface area contributed by atoms with Crippen LogP contribution in [0.4, 0.5) is 11.4 Å². The quantitative estimate of drug-likeness (QED) is 0.332. The summed E-state index contributed by atoms with van der Waals surface area (Å²) in [5.74, 6) is 0.596. The summed E-state index contributed by atoms with van der Waals surface area (Å²) in [5.41, 5.74) is 8.19. The summed E-state index contributed by atoms with van der Waals surface area (Å²) < 4.78 is 5.20. The van der Waals surface area contributed by atoms with E-state index in [2.05, 4.69) is 5.32 Å². The molecular formula is C24H28N2O3SW. The van der Waals surface area contributed by atoms with Crippen LogP contribution in [-0.2, 0) is 33.7 Å². The predicted octanol–water partition coefficient (Wildman–Crippen LogP) is 5.27. The maximum absolute atomic E-state index is 9.59. The van der Waals surface area contributed by atoms with Crippen LogP contribution in [0.1, 0.15) is 12.5 Å². The number of hydrogen-bond acceptors (Lipinski definition) is 5. The average Bonchev–Trinajstić information content (AvgIpc) is 2.79. The Kier molecular flexibility index (Phi) is 16.0. The number of phenols is 1. The van der Waals surface area contributed by atoms with Gasteiger partial charge in [-0.15, -0.1) is 11.4 Å². The number of nitrogens with two attached hydrogens (primary N) is 1. The third kappa shape index (κ3) is 11.6. The number of aliphatic hydroxyl groups is 1. The van der Waals surface area contributed by atoms with E-state index < -0.39 is 0 Å². The van der Waals surface area contributed by atoms with E-state index >= 15 is 0 Å². The Morgan fingerprint density at radius 3 is 1.90 bits per heavy atom. The van der Waals surface area contributed by atoms with Crippen LogP contribution in [0.15, 0.2) is 83.8 Å². The fourth-order valence-electron chi connectivity index (χ4n) is 2.30. The molecule has 0 aliphatic rings. The first-order valence-electron chi connectivity index (χ1n) is 9.42. The first-order valence-corrected chi connectivity index (χ1v) is 9.83. The van der Waals surface area contributed by atoms with Crippen LogP contribution in [0.25, 0.3) is 11.4 Å². The van der Waals surface area contributed by atoms with E-state index in [1.165, 1.54) is 0 Å². The van der Waals surface area contributed by atoms with Gasteiger partial charge in [0.15, 0.2) is 11.5 Å². The van der Waals surface area contributed by atoms with Gasteiger partial charge in [-0.1, -0.05) is 72.8 Å². The molecule has 5 nitrogen and oxygen atoms in total. The number of hydrogen-bond donors (Lipinski definition) is 3. The molecule has 0 saturated carbocycles. The smallest absolute Gasteiger partial charge is 0.783 e. The Morgan fingerprint density at radius 2 is 1.48 bits per heavy atom. The maximum Gasteiger partial charge on any atom is 2.00 e. The SMILES string of the molecule is CCOc1ccc(/C=C(\[S-])CN)cc1O.CO.[W+2].c1ccc([N-]c2ccccc2)cc1. The second kappa shape index (κ2) is 17.3. The third-order valence-electron chi connectivity index (χ3n) is 3.58. The van der Waals surface area contributed by atoms with Crippen molar-refractivity contribution in [1.29, 1.82) is 0 Å². The molecule has 4 N–H and O–H groups in total. The summed E-state index contributed by atoms with van der Waals surface area (Å²) >= 11 is 4.97. The summed E-state index contributed by atoms with van der Waals surface area (Å²) in [4.78, 5) is 0.651. The van der Waals surface area contributed by atoms with Gasteiger partial charge in [0.25, 0.3) is 0 Å². The van der Waals surface area contributed by atoms with Gasteiger partial charge in [-0.2, -0.15) is 4.91 Å². The van der Waals surface area contributed by atoms with Crippen molar-refractivity contribution in [1.82, 2.24) is 0 Å². The van der Waals surface area contributed by atoms with E-state index in [-0.39, 0.29) is 26.8 Å². The summed E-state index contributed by atoms with van der Waals surface area (Å²) in [6.45, 7) is 2.73. The second-order valence-corrected chi connectivity index (χ2v) is 6.28. The number of phenolic OH excluding ortho intramolecular Hbond substituents is 1. The van der Waals surface area contributed by atoms with Crippen molar-refractivity contribution in [3.8, 4) is 11.5 Å². The average molecular weight is 608 g/mol. The number of benzene rings is 3. The van der Waals surface area contributed by atoms with E-state index in [1.54, 1.807) is 18.2 Å². The van der Waals surface area contributed by atoms with Gasteiger partial charge in [0.1, 0.15) is 0 Å². The molecule has 7 heteroatoms. The molecule has 0 radical (unpaired) electrons. The second-order valence-electron chi connectivity index (χ2n) is 5.76. The number of para-hydroxylation sites is 2. The summed E-state index contributed by atoms with van der Waals surface area (Å²) in [7, 11) is 1.00. The van der Waals surface area contributed by atoms with Gasteiger partial charge >= 0.3 is 21.1 Å². The first-order chi connectivity index (χ1) is 14.6. The summed E-state index contributed by atoms with van der Waals surface area (Å²) in [5, 5.41) is 21.0. The largest absolute Gasteiger partial charge is 2.00 e. The minimum Gasteiger partial charge on any atom is -0.783 e. The molecule has 0 spiro atoms. The molecule has 0 aliphatic carbocycles. The molecule has 0 aliphatic heterocycles. The van der Waals surface area contributed by atoms with Gasteiger partial charge in [0.2, 0.25) is 0 Å². The monoisotopic (exact) mass is 608 g/mol. The first kappa shape index (κ1) is 28.6. The van der Waals surface area contributed by atoms with Crippen LogP contribution in [0, 0.1) is 0 Å². The molecule has 3 aromatic carbocycles. The zero-order chi connectivity index (χ0) is 22.2. The molecule has 0 amide bonds. The number of aliphatic hydroxyl groups excluding tert-OH is 1. The van der Waals surface area contributed by atoms with E-state index in [0.717, 1.165) is 24.0 Å². The Hall–Kier alpha value is -2.37. The molecule has 0 atom stereocenters. The van der Waals surface area contributed by atoms with Gasteiger partial charge < -0.3 is 38.6 Å². The predicted molar refractivity (Wildman–Crippen MR) is 127 cm³/mol. The molecule has 164 valence electrons. The molecular weight excluding hydrogens is 580 g/mol. The van der Waals surface area contributed by atoms with E-state index in [4.69, 9.17) is 28.2 Å². The third-order valence-corrected chi connectivity index (χ3v) is 3.87. The number of aromatic hydroxyl groups is 1. The van der Waals surface area contributed by atoms with E-state index in [1.807, 2.05) is 73.7 Å². The van der Waals surface area contributed by atoms with Gasteiger partial charge in [0.05, 0.1) is 6.61 Å². The number of ether oxygens (including phenoxy) is 1. The summed E-state index contributed by atoms with van der Waals surface area (Å²) in [6.07, 6.45) is 1.75. The van der Waals surface area contributed by atoms with Crippen LogP contribution in [0.3, 0.4) is 0 Å². The standard InChI is InChI=1S/C12H10N.C11H15NO2S.CH4O.W/c1-3-7-11(8-4-1)13-12-9-5-2-6-10-12;1-2-14-11-4-3-8(6-10(11)13)5-9(15)7-12;1-2;/h1-10H;3-6,13,15H,2,7,12H2,1H3;2H,1H3;/q-1;;;+2/p-1/b;9-5-;;. The van der Waals surface area contributed by atoms with Crippen molar-refractivity contribution in [3.05, 3.63) is 94.6 Å². The van der Waals surface area contributed by atoms with Crippen molar-refractivity contribution in [2.24, 2.45) is 5.73 Å². The molecule has 0 bridgehead atoms.